The third-order valence-electron chi connectivity index (χ3n) is 3.62. The zero-order chi connectivity index (χ0) is 18.7. The molecule has 0 radical (unpaired) electrons. The predicted molar refractivity (Wildman–Crippen MR) is 107 cm³/mol. The van der Waals surface area contributed by atoms with Gasteiger partial charge < -0.3 is 5.32 Å². The lowest BCUT2D eigenvalue weighted by Crippen LogP contribution is -2.14. The van der Waals surface area contributed by atoms with Crippen molar-refractivity contribution in [2.75, 3.05) is 11.6 Å². The molecule has 1 amide bonds. The minimum atomic E-state index is -0.335. The van der Waals surface area contributed by atoms with Gasteiger partial charge >= 0.3 is 0 Å². The number of rotatable bonds is 5. The standard InChI is InChI=1S/C18H14BrClFN3OS/c1-26-13-6-7-16(20)14(8-13)18(25)22-17-15(19)10-24(23-17)9-11-2-4-12(21)5-3-11/h2-8,10H,9H2,1H3,(H,22,23,25). The van der Waals surface area contributed by atoms with E-state index in [2.05, 4.69) is 26.3 Å². The molecule has 1 N–H and O–H groups in total. The fourth-order valence-electron chi connectivity index (χ4n) is 2.32. The van der Waals surface area contributed by atoms with Gasteiger partial charge in [0, 0.05) is 11.1 Å². The highest BCUT2D eigenvalue weighted by Crippen LogP contribution is 2.26. The quantitative estimate of drug-likeness (QED) is 0.521. The van der Waals surface area contributed by atoms with E-state index in [-0.39, 0.29) is 11.7 Å². The maximum Gasteiger partial charge on any atom is 0.258 e. The largest absolute Gasteiger partial charge is 0.304 e. The molecule has 1 heterocycles. The van der Waals surface area contributed by atoms with Gasteiger partial charge in [0.1, 0.15) is 5.82 Å². The lowest BCUT2D eigenvalue weighted by molar-refractivity contribution is 0.102. The molecule has 0 spiro atoms. The second-order valence-electron chi connectivity index (χ2n) is 5.45. The topological polar surface area (TPSA) is 46.9 Å². The number of halogens is 3. The van der Waals surface area contributed by atoms with E-state index in [1.807, 2.05) is 12.3 Å². The number of amides is 1. The number of hydrogen-bond donors (Lipinski definition) is 1. The summed E-state index contributed by atoms with van der Waals surface area (Å²) in [6.07, 6.45) is 3.68. The van der Waals surface area contributed by atoms with Gasteiger partial charge in [-0.05, 0) is 58.1 Å². The number of nitrogens with one attached hydrogen (secondary N) is 1. The SMILES string of the molecule is CSc1ccc(Cl)c(C(=O)Nc2nn(Cc3ccc(F)cc3)cc2Br)c1. The van der Waals surface area contributed by atoms with Crippen LogP contribution < -0.4 is 5.32 Å². The van der Waals surface area contributed by atoms with Crippen molar-refractivity contribution < 1.29 is 9.18 Å². The molecule has 4 nitrogen and oxygen atoms in total. The number of aromatic nitrogens is 2. The summed E-state index contributed by atoms with van der Waals surface area (Å²) in [5.41, 5.74) is 1.29. The maximum atomic E-state index is 13.0. The van der Waals surface area contributed by atoms with E-state index in [1.54, 1.807) is 35.1 Å². The van der Waals surface area contributed by atoms with Crippen LogP contribution in [0.1, 0.15) is 15.9 Å². The fraction of sp³-hybridized carbons (Fsp3) is 0.111. The highest BCUT2D eigenvalue weighted by atomic mass is 79.9. The van der Waals surface area contributed by atoms with Gasteiger partial charge in [0.15, 0.2) is 5.82 Å². The Morgan fingerprint density at radius 3 is 2.73 bits per heavy atom. The Labute approximate surface area is 167 Å². The average molecular weight is 455 g/mol. The van der Waals surface area contributed by atoms with E-state index >= 15 is 0 Å². The van der Waals surface area contributed by atoms with Crippen molar-refractivity contribution >= 4 is 51.0 Å². The van der Waals surface area contributed by atoms with Gasteiger partial charge in [-0.2, -0.15) is 5.10 Å². The maximum absolute atomic E-state index is 13.0. The molecule has 3 rings (SSSR count). The number of benzene rings is 2. The lowest BCUT2D eigenvalue weighted by Gasteiger charge is -2.07. The minimum absolute atomic E-state index is 0.285. The molecule has 0 aliphatic carbocycles. The minimum Gasteiger partial charge on any atom is -0.304 e. The lowest BCUT2D eigenvalue weighted by atomic mass is 10.2. The highest BCUT2D eigenvalue weighted by Gasteiger charge is 2.15. The summed E-state index contributed by atoms with van der Waals surface area (Å²) >= 11 is 11.1. The fourth-order valence-corrected chi connectivity index (χ4v) is 3.38. The zero-order valence-corrected chi connectivity index (χ0v) is 16.8. The van der Waals surface area contributed by atoms with Gasteiger partial charge in [-0.1, -0.05) is 23.7 Å². The van der Waals surface area contributed by atoms with Gasteiger partial charge in [-0.15, -0.1) is 11.8 Å². The van der Waals surface area contributed by atoms with Gasteiger partial charge in [0.2, 0.25) is 0 Å². The molecular weight excluding hydrogens is 441 g/mol. The van der Waals surface area contributed by atoms with E-state index in [1.165, 1.54) is 23.9 Å². The normalized spacial score (nSPS) is 10.8. The number of anilines is 1. The molecular formula is C18H14BrClFN3OS. The van der Waals surface area contributed by atoms with E-state index < -0.39 is 0 Å². The van der Waals surface area contributed by atoms with Crippen molar-refractivity contribution in [2.45, 2.75) is 11.4 Å². The molecule has 26 heavy (non-hydrogen) atoms. The predicted octanol–water partition coefficient (Wildman–Crippen LogP) is 5.46. The van der Waals surface area contributed by atoms with Crippen molar-refractivity contribution in [3.8, 4) is 0 Å². The number of carbonyl (C=O) groups excluding carboxylic acids is 1. The van der Waals surface area contributed by atoms with Crippen LogP contribution in [0.5, 0.6) is 0 Å². The Morgan fingerprint density at radius 2 is 2.04 bits per heavy atom. The van der Waals surface area contributed by atoms with Crippen LogP contribution in [0, 0.1) is 5.82 Å². The smallest absolute Gasteiger partial charge is 0.258 e. The molecule has 0 atom stereocenters. The summed E-state index contributed by atoms with van der Waals surface area (Å²) in [6, 6.07) is 11.5. The first-order chi connectivity index (χ1) is 12.5. The van der Waals surface area contributed by atoms with Crippen LogP contribution in [0.15, 0.2) is 58.0 Å². The number of hydrogen-bond acceptors (Lipinski definition) is 3. The third kappa shape index (κ3) is 4.47. The molecule has 0 bridgehead atoms. The van der Waals surface area contributed by atoms with E-state index in [0.717, 1.165) is 10.5 Å². The molecule has 0 aliphatic rings. The van der Waals surface area contributed by atoms with Crippen molar-refractivity contribution in [1.82, 2.24) is 9.78 Å². The Balaban J connectivity index is 1.77. The monoisotopic (exact) mass is 453 g/mol. The molecule has 2 aromatic carbocycles. The highest BCUT2D eigenvalue weighted by molar-refractivity contribution is 9.10. The van der Waals surface area contributed by atoms with Gasteiger partial charge in [0.25, 0.3) is 5.91 Å². The van der Waals surface area contributed by atoms with Crippen LogP contribution >= 0.6 is 39.3 Å². The first-order valence-electron chi connectivity index (χ1n) is 7.58. The van der Waals surface area contributed by atoms with Gasteiger partial charge in [0.05, 0.1) is 21.6 Å². The van der Waals surface area contributed by atoms with Gasteiger partial charge in [-0.3, -0.25) is 9.48 Å². The summed E-state index contributed by atoms with van der Waals surface area (Å²) in [7, 11) is 0. The summed E-state index contributed by atoms with van der Waals surface area (Å²) in [4.78, 5) is 13.5. The summed E-state index contributed by atoms with van der Waals surface area (Å²) in [6.45, 7) is 0.456. The van der Waals surface area contributed by atoms with Gasteiger partial charge in [-0.25, -0.2) is 4.39 Å². The van der Waals surface area contributed by atoms with Crippen LogP contribution in [-0.2, 0) is 6.54 Å². The van der Waals surface area contributed by atoms with Crippen LogP contribution in [0.25, 0.3) is 0 Å². The summed E-state index contributed by atoms with van der Waals surface area (Å²) < 4.78 is 15.3. The van der Waals surface area contributed by atoms with E-state index in [0.29, 0.717) is 27.4 Å². The van der Waals surface area contributed by atoms with Crippen molar-refractivity contribution in [1.29, 1.82) is 0 Å². The Hall–Kier alpha value is -1.83. The first kappa shape index (κ1) is 18.9. The number of thioether (sulfide) groups is 1. The molecule has 134 valence electrons. The van der Waals surface area contributed by atoms with E-state index in [9.17, 15) is 9.18 Å². The van der Waals surface area contributed by atoms with Crippen LogP contribution in [0.4, 0.5) is 10.2 Å². The third-order valence-corrected chi connectivity index (χ3v) is 5.26. The molecule has 0 fully saturated rings. The average Bonchev–Trinajstić information content (AvgIpc) is 2.96. The van der Waals surface area contributed by atoms with Crippen molar-refractivity contribution in [3.05, 3.63) is 75.1 Å². The van der Waals surface area contributed by atoms with Crippen molar-refractivity contribution in [3.63, 3.8) is 0 Å². The molecule has 0 aliphatic heterocycles. The molecule has 1 aromatic heterocycles. The molecule has 0 saturated carbocycles. The second-order valence-corrected chi connectivity index (χ2v) is 7.59. The molecule has 0 saturated heterocycles. The van der Waals surface area contributed by atoms with Crippen LogP contribution in [0.3, 0.4) is 0 Å². The molecule has 8 heteroatoms. The zero-order valence-electron chi connectivity index (χ0n) is 13.7. The molecule has 3 aromatic rings. The van der Waals surface area contributed by atoms with Crippen molar-refractivity contribution in [2.24, 2.45) is 0 Å². The summed E-state index contributed by atoms with van der Waals surface area (Å²) in [5.74, 6) is -0.228. The number of nitrogens with zero attached hydrogens (tertiary/aromatic N) is 2. The molecule has 0 unspecified atom stereocenters. The summed E-state index contributed by atoms with van der Waals surface area (Å²) in [5, 5.41) is 7.50. The first-order valence-corrected chi connectivity index (χ1v) is 9.98. The van der Waals surface area contributed by atoms with Crippen LogP contribution in [0.2, 0.25) is 5.02 Å². The Morgan fingerprint density at radius 1 is 1.31 bits per heavy atom. The second kappa shape index (κ2) is 8.24. The van der Waals surface area contributed by atoms with Crippen LogP contribution in [-0.4, -0.2) is 21.9 Å². The Bertz CT molecular complexity index is 946. The Kier molecular flexibility index (Phi) is 6.01. The number of carbonyl (C=O) groups is 1. The van der Waals surface area contributed by atoms with E-state index in [4.69, 9.17) is 11.6 Å².